The summed E-state index contributed by atoms with van der Waals surface area (Å²) in [7, 11) is 2.26. The Kier molecular flexibility index (Phi) is 4.60. The molecule has 0 radical (unpaired) electrons. The van der Waals surface area contributed by atoms with Crippen LogP contribution in [0.1, 0.15) is 30.4 Å². The third kappa shape index (κ3) is 3.48. The molecule has 2 heterocycles. The first kappa shape index (κ1) is 16.7. The molecule has 0 spiro atoms. The van der Waals surface area contributed by atoms with Crippen LogP contribution in [0.2, 0.25) is 0 Å². The van der Waals surface area contributed by atoms with Gasteiger partial charge < -0.3 is 0 Å². The fourth-order valence-corrected chi connectivity index (χ4v) is 5.12. The highest BCUT2D eigenvalue weighted by Gasteiger charge is 2.45. The van der Waals surface area contributed by atoms with E-state index >= 15 is 0 Å². The summed E-state index contributed by atoms with van der Waals surface area (Å²) in [5.74, 6) is 0.888. The molecule has 2 unspecified atom stereocenters. The van der Waals surface area contributed by atoms with E-state index in [1.165, 1.54) is 30.4 Å². The van der Waals surface area contributed by atoms with Crippen LogP contribution in [0.5, 0.6) is 0 Å². The van der Waals surface area contributed by atoms with Crippen molar-refractivity contribution in [2.24, 2.45) is 11.8 Å². The summed E-state index contributed by atoms with van der Waals surface area (Å²) < 4.78 is 26.3. The zero-order valence-corrected chi connectivity index (χ0v) is 14.7. The molecule has 25 heavy (non-hydrogen) atoms. The Balaban J connectivity index is 1.50. The van der Waals surface area contributed by atoms with Gasteiger partial charge in [-0.05, 0) is 86.4 Å². The SMILES string of the molecule is CN1C2CCC1[C@@H](Cc1ccc(F)cc1)C[C@H]2Cc1ccc(F)cc1. The molecule has 2 bridgehead atoms. The lowest BCUT2D eigenvalue weighted by molar-refractivity contribution is 0.0700. The molecule has 132 valence electrons. The van der Waals surface area contributed by atoms with Gasteiger partial charge in [0.25, 0.3) is 0 Å². The summed E-state index contributed by atoms with van der Waals surface area (Å²) in [4.78, 5) is 2.58. The van der Waals surface area contributed by atoms with Crippen LogP contribution < -0.4 is 0 Å². The van der Waals surface area contributed by atoms with Crippen molar-refractivity contribution >= 4 is 0 Å². The molecule has 4 atom stereocenters. The minimum Gasteiger partial charge on any atom is -0.300 e. The minimum atomic E-state index is -0.167. The summed E-state index contributed by atoms with van der Waals surface area (Å²) in [6.07, 6.45) is 5.75. The Morgan fingerprint density at radius 1 is 0.760 bits per heavy atom. The van der Waals surface area contributed by atoms with Gasteiger partial charge in [-0.2, -0.15) is 0 Å². The zero-order valence-electron chi connectivity index (χ0n) is 14.7. The molecule has 0 amide bonds. The van der Waals surface area contributed by atoms with Gasteiger partial charge in [-0.3, -0.25) is 4.90 Å². The molecule has 2 aliphatic rings. The van der Waals surface area contributed by atoms with E-state index in [4.69, 9.17) is 0 Å². The summed E-state index contributed by atoms with van der Waals surface area (Å²) in [5.41, 5.74) is 2.45. The van der Waals surface area contributed by atoms with Gasteiger partial charge >= 0.3 is 0 Å². The van der Waals surface area contributed by atoms with Crippen LogP contribution in [0.25, 0.3) is 0 Å². The van der Waals surface area contributed by atoms with Crippen molar-refractivity contribution in [2.45, 2.75) is 44.2 Å². The molecule has 2 aliphatic heterocycles. The van der Waals surface area contributed by atoms with Crippen molar-refractivity contribution in [1.29, 1.82) is 0 Å². The maximum atomic E-state index is 13.2. The summed E-state index contributed by atoms with van der Waals surface area (Å²) >= 11 is 0. The molecule has 1 nitrogen and oxygen atoms in total. The largest absolute Gasteiger partial charge is 0.300 e. The first-order valence-corrected chi connectivity index (χ1v) is 9.31. The Hall–Kier alpha value is -1.74. The Morgan fingerprint density at radius 3 is 1.56 bits per heavy atom. The van der Waals surface area contributed by atoms with Crippen molar-refractivity contribution in [1.82, 2.24) is 4.90 Å². The van der Waals surface area contributed by atoms with Crippen LogP contribution in [-0.2, 0) is 12.8 Å². The van der Waals surface area contributed by atoms with Crippen LogP contribution in [0, 0.1) is 23.5 Å². The number of halogens is 2. The first-order chi connectivity index (χ1) is 12.1. The molecule has 2 fully saturated rings. The Labute approximate surface area is 148 Å². The smallest absolute Gasteiger partial charge is 0.123 e. The molecule has 0 saturated carbocycles. The lowest BCUT2D eigenvalue weighted by Gasteiger charge is -2.43. The molecular weight excluding hydrogens is 316 g/mol. The number of hydrogen-bond acceptors (Lipinski definition) is 1. The molecule has 2 aromatic rings. The monoisotopic (exact) mass is 341 g/mol. The van der Waals surface area contributed by atoms with E-state index in [0.717, 1.165) is 12.8 Å². The van der Waals surface area contributed by atoms with Gasteiger partial charge in [0, 0.05) is 12.1 Å². The predicted molar refractivity (Wildman–Crippen MR) is 96.4 cm³/mol. The van der Waals surface area contributed by atoms with Crippen LogP contribution in [0.4, 0.5) is 8.78 Å². The van der Waals surface area contributed by atoms with Crippen LogP contribution in [0.3, 0.4) is 0 Å². The van der Waals surface area contributed by atoms with E-state index in [1.54, 1.807) is 24.3 Å². The maximum Gasteiger partial charge on any atom is 0.123 e. The fourth-order valence-electron chi connectivity index (χ4n) is 5.12. The van der Waals surface area contributed by atoms with Crippen LogP contribution >= 0.6 is 0 Å². The molecule has 2 saturated heterocycles. The number of fused-ring (bicyclic) bond motifs is 2. The van der Waals surface area contributed by atoms with E-state index in [-0.39, 0.29) is 11.6 Å². The van der Waals surface area contributed by atoms with E-state index < -0.39 is 0 Å². The van der Waals surface area contributed by atoms with Gasteiger partial charge in [-0.25, -0.2) is 8.78 Å². The van der Waals surface area contributed by atoms with Crippen LogP contribution in [0.15, 0.2) is 48.5 Å². The van der Waals surface area contributed by atoms with Crippen molar-refractivity contribution in [3.8, 4) is 0 Å². The Bertz CT molecular complexity index is 648. The molecule has 3 heteroatoms. The van der Waals surface area contributed by atoms with E-state index in [9.17, 15) is 8.78 Å². The average Bonchev–Trinajstić information content (AvgIpc) is 2.89. The van der Waals surface area contributed by atoms with E-state index in [0.29, 0.717) is 23.9 Å². The number of nitrogens with zero attached hydrogens (tertiary/aromatic N) is 1. The number of rotatable bonds is 4. The van der Waals surface area contributed by atoms with E-state index in [1.807, 2.05) is 24.3 Å². The highest BCUT2D eigenvalue weighted by molar-refractivity contribution is 5.20. The van der Waals surface area contributed by atoms with Gasteiger partial charge in [-0.1, -0.05) is 24.3 Å². The molecular formula is C22H25F2N. The summed E-state index contributed by atoms with van der Waals surface area (Å²) in [6, 6.07) is 15.2. The second-order valence-electron chi connectivity index (χ2n) is 7.79. The van der Waals surface area contributed by atoms with Crippen molar-refractivity contribution in [3.05, 3.63) is 71.3 Å². The topological polar surface area (TPSA) is 3.24 Å². The molecule has 0 aromatic heterocycles. The molecule has 0 N–H and O–H groups in total. The average molecular weight is 341 g/mol. The number of benzene rings is 2. The third-order valence-corrected chi connectivity index (χ3v) is 6.32. The first-order valence-electron chi connectivity index (χ1n) is 9.31. The van der Waals surface area contributed by atoms with Gasteiger partial charge in [0.05, 0.1) is 0 Å². The lowest BCUT2D eigenvalue weighted by atomic mass is 9.77. The Morgan fingerprint density at radius 2 is 1.16 bits per heavy atom. The molecule has 0 aliphatic carbocycles. The van der Waals surface area contributed by atoms with Crippen molar-refractivity contribution in [3.63, 3.8) is 0 Å². The van der Waals surface area contributed by atoms with Gasteiger partial charge in [0.1, 0.15) is 11.6 Å². The summed E-state index contributed by atoms with van der Waals surface area (Å²) in [6.45, 7) is 0. The second kappa shape index (κ2) is 6.87. The van der Waals surface area contributed by atoms with Gasteiger partial charge in [-0.15, -0.1) is 0 Å². The van der Waals surface area contributed by atoms with Crippen molar-refractivity contribution < 1.29 is 8.78 Å². The predicted octanol–water partition coefficient (Wildman–Crippen LogP) is 4.85. The second-order valence-corrected chi connectivity index (χ2v) is 7.79. The molecule has 4 rings (SSSR count). The van der Waals surface area contributed by atoms with E-state index in [2.05, 4.69) is 11.9 Å². The quantitative estimate of drug-likeness (QED) is 0.768. The number of hydrogen-bond donors (Lipinski definition) is 0. The summed E-state index contributed by atoms with van der Waals surface area (Å²) in [5, 5.41) is 0. The zero-order chi connectivity index (χ0) is 17.4. The highest BCUT2D eigenvalue weighted by Crippen LogP contribution is 2.43. The lowest BCUT2D eigenvalue weighted by Crippen LogP contribution is -2.48. The van der Waals surface area contributed by atoms with Gasteiger partial charge in [0.2, 0.25) is 0 Å². The normalized spacial score (nSPS) is 29.1. The molecule has 2 aromatic carbocycles. The van der Waals surface area contributed by atoms with Crippen molar-refractivity contribution in [2.75, 3.05) is 7.05 Å². The standard InChI is InChI=1S/C22H25F2N/c1-25-21-10-11-22(25)18(13-16-4-8-20(24)9-5-16)14-17(21)12-15-2-6-19(23)7-3-15/h2-9,17-18,21-22H,10-14H2,1H3/t17-,18+,21?,22?. The highest BCUT2D eigenvalue weighted by atomic mass is 19.1. The number of piperidine rings is 1. The third-order valence-electron chi connectivity index (χ3n) is 6.32. The fraction of sp³-hybridized carbons (Fsp3) is 0.455. The minimum absolute atomic E-state index is 0.167. The van der Waals surface area contributed by atoms with Gasteiger partial charge in [0.15, 0.2) is 0 Å². The maximum absolute atomic E-state index is 13.2. The van der Waals surface area contributed by atoms with Crippen LogP contribution in [-0.4, -0.2) is 24.0 Å².